The molecule has 0 heterocycles. The van der Waals surface area contributed by atoms with Crippen molar-refractivity contribution in [3.63, 3.8) is 0 Å². The number of hydrogen-bond donors (Lipinski definition) is 3. The Kier molecular flexibility index (Phi) is 37.0. The second-order valence-electron chi connectivity index (χ2n) is 1.46. The first-order valence-electron chi connectivity index (χ1n) is 4.60. The molecule has 0 aliphatic heterocycles. The molecule has 0 aromatic carbocycles. The number of thiocarbonyl (C=S) groups is 1. The van der Waals surface area contributed by atoms with Crippen molar-refractivity contribution in [3.8, 4) is 0 Å². The summed E-state index contributed by atoms with van der Waals surface area (Å²) in [4.78, 5) is 9.09. The average Bonchev–Trinajstić information content (AvgIpc) is 2.20. The number of ether oxygens (including phenoxy) is 1. The van der Waals surface area contributed by atoms with Crippen molar-refractivity contribution >= 4 is 46.9 Å². The predicted octanol–water partition coefficient (Wildman–Crippen LogP) is 3.05. The van der Waals surface area contributed by atoms with Gasteiger partial charge in [0, 0.05) is 5.03 Å². The van der Waals surface area contributed by atoms with Crippen LogP contribution in [0.15, 0.2) is 11.6 Å². The molecule has 0 atom stereocenters. The van der Waals surface area contributed by atoms with E-state index in [-0.39, 0.29) is 11.8 Å². The van der Waals surface area contributed by atoms with Crippen LogP contribution in [0.3, 0.4) is 0 Å². The maximum Gasteiger partial charge on any atom is 0.273 e. The lowest BCUT2D eigenvalue weighted by atomic mass is 10.7. The van der Waals surface area contributed by atoms with Crippen LogP contribution in [0.2, 0.25) is 0 Å². The fraction of sp³-hybridized carbons (Fsp3) is 0.556. The van der Waals surface area contributed by atoms with Crippen molar-refractivity contribution in [2.45, 2.75) is 27.7 Å². The number of rotatable bonds is 2. The number of primary amides is 1. The van der Waals surface area contributed by atoms with Gasteiger partial charge in [-0.25, -0.2) is 0 Å². The monoisotopic (exact) mass is 288 g/mol. The third-order valence-corrected chi connectivity index (χ3v) is 0.598. The molecule has 0 spiro atoms. The van der Waals surface area contributed by atoms with Crippen LogP contribution >= 0.6 is 36.4 Å². The van der Waals surface area contributed by atoms with Gasteiger partial charge in [0.15, 0.2) is 0 Å². The minimum absolute atomic E-state index is 0.00759. The zero-order chi connectivity index (χ0) is 14.1. The van der Waals surface area contributed by atoms with Gasteiger partial charge >= 0.3 is 0 Å². The molecule has 7 heteroatoms. The Hall–Kier alpha value is -0.460. The Balaban J connectivity index is -0.0000000761. The van der Waals surface area contributed by atoms with Crippen molar-refractivity contribution < 1.29 is 9.53 Å². The highest BCUT2D eigenvalue weighted by Crippen LogP contribution is 1.95. The molecule has 0 aliphatic carbocycles. The van der Waals surface area contributed by atoms with E-state index in [0.29, 0.717) is 5.03 Å². The highest BCUT2D eigenvalue weighted by molar-refractivity contribution is 7.96. The zero-order valence-electron chi connectivity index (χ0n) is 10.1. The minimum Gasteiger partial charge on any atom is -0.465 e. The lowest BCUT2D eigenvalue weighted by Crippen LogP contribution is -2.12. The van der Waals surface area contributed by atoms with Crippen molar-refractivity contribution in [1.82, 2.24) is 0 Å². The number of hydrogen-bond acceptors (Lipinski definition) is 3. The summed E-state index contributed by atoms with van der Waals surface area (Å²) in [6.07, 6.45) is 0. The van der Waals surface area contributed by atoms with Crippen LogP contribution in [0.1, 0.15) is 27.7 Å². The maximum absolute atomic E-state index is 9.09. The third kappa shape index (κ3) is 103. The molecule has 4 nitrogen and oxygen atoms in total. The molecular formula is C9H21ClN2O2S2. The molecule has 16 heavy (non-hydrogen) atoms. The molecule has 0 saturated carbocycles. The summed E-state index contributed by atoms with van der Waals surface area (Å²) in [5.41, 5.74) is 9.29. The smallest absolute Gasteiger partial charge is 0.273 e. The molecule has 0 radical (unpaired) electrons. The zero-order valence-corrected chi connectivity index (χ0v) is 12.6. The van der Waals surface area contributed by atoms with Crippen molar-refractivity contribution in [2.75, 3.05) is 6.61 Å². The molecule has 98 valence electrons. The lowest BCUT2D eigenvalue weighted by Gasteiger charge is -1.98. The number of nitrogens with two attached hydrogens (primary N) is 2. The van der Waals surface area contributed by atoms with E-state index in [1.807, 2.05) is 27.7 Å². The van der Waals surface area contributed by atoms with Gasteiger partial charge in [0.05, 0.1) is 0 Å². The Morgan fingerprint density at radius 2 is 1.62 bits per heavy atom. The Labute approximate surface area is 114 Å². The molecule has 0 bridgehead atoms. The quantitative estimate of drug-likeness (QED) is 0.539. The molecule has 0 unspecified atom stereocenters. The van der Waals surface area contributed by atoms with Gasteiger partial charge in [-0.15, -0.1) is 0 Å². The Bertz CT molecular complexity index is 172. The fourth-order valence-electron chi connectivity index (χ4n) is 0.149. The molecule has 0 aromatic rings. The summed E-state index contributed by atoms with van der Waals surface area (Å²) < 4.78 is 4.58. The van der Waals surface area contributed by atoms with Crippen molar-refractivity contribution in [1.29, 1.82) is 0 Å². The highest BCUT2D eigenvalue weighted by Gasteiger charge is 1.88. The van der Waals surface area contributed by atoms with Crippen LogP contribution in [0.25, 0.3) is 0 Å². The molecular weight excluding hydrogens is 268 g/mol. The van der Waals surface area contributed by atoms with Gasteiger partial charge < -0.3 is 16.2 Å². The van der Waals surface area contributed by atoms with Gasteiger partial charge in [0.2, 0.25) is 0 Å². The van der Waals surface area contributed by atoms with E-state index in [4.69, 9.17) is 22.1 Å². The van der Waals surface area contributed by atoms with E-state index in [9.17, 15) is 0 Å². The lowest BCUT2D eigenvalue weighted by molar-refractivity contribution is 0.267. The predicted molar refractivity (Wildman–Crippen MR) is 79.0 cm³/mol. The van der Waals surface area contributed by atoms with E-state index in [1.54, 1.807) is 0 Å². The van der Waals surface area contributed by atoms with Gasteiger partial charge in [-0.3, -0.25) is 4.79 Å². The van der Waals surface area contributed by atoms with Crippen LogP contribution in [-0.2, 0) is 4.74 Å². The molecule has 0 rings (SSSR count). The van der Waals surface area contributed by atoms with Gasteiger partial charge in [0.25, 0.3) is 10.4 Å². The van der Waals surface area contributed by atoms with E-state index in [0.717, 1.165) is 0 Å². The Morgan fingerprint density at radius 1 is 1.38 bits per heavy atom. The number of carbonyl (C=O) groups excluding carboxylic acids is 1. The van der Waals surface area contributed by atoms with Gasteiger partial charge in [-0.05, 0) is 12.2 Å². The molecule has 0 aliphatic rings. The van der Waals surface area contributed by atoms with Crippen LogP contribution < -0.4 is 11.5 Å². The first-order valence-corrected chi connectivity index (χ1v) is 5.83. The topological polar surface area (TPSA) is 78.3 Å². The first kappa shape index (κ1) is 24.7. The molecule has 1 amide bonds. The summed E-state index contributed by atoms with van der Waals surface area (Å²) in [6, 6.07) is 0. The van der Waals surface area contributed by atoms with Gasteiger partial charge in [-0.1, -0.05) is 58.5 Å². The summed E-state index contributed by atoms with van der Waals surface area (Å²) >= 11 is 12.8. The summed E-state index contributed by atoms with van der Waals surface area (Å²) in [7, 11) is 0. The summed E-state index contributed by atoms with van der Waals surface area (Å²) in [5.74, 6) is 0. The van der Waals surface area contributed by atoms with E-state index >= 15 is 0 Å². The van der Waals surface area contributed by atoms with Gasteiger partial charge in [-0.2, -0.15) is 0 Å². The molecule has 0 fully saturated rings. The largest absolute Gasteiger partial charge is 0.465 e. The fourth-order valence-corrected chi connectivity index (χ4v) is 0.263. The molecule has 4 N–H and O–H groups in total. The molecule has 0 saturated heterocycles. The second-order valence-corrected chi connectivity index (χ2v) is 2.84. The van der Waals surface area contributed by atoms with Gasteiger partial charge in [0.1, 0.15) is 6.61 Å². The first-order chi connectivity index (χ1) is 7.36. The van der Waals surface area contributed by atoms with Crippen molar-refractivity contribution in [2.24, 2.45) is 11.5 Å². The van der Waals surface area contributed by atoms with E-state index < -0.39 is 5.24 Å². The van der Waals surface area contributed by atoms with E-state index in [2.05, 4.69) is 41.9 Å². The van der Waals surface area contributed by atoms with E-state index in [1.165, 1.54) is 0 Å². The van der Waals surface area contributed by atoms with Crippen LogP contribution in [0.5, 0.6) is 0 Å². The number of halogens is 1. The van der Waals surface area contributed by atoms with Crippen LogP contribution in [0, 0.1) is 0 Å². The standard InChI is InChI=1S/C4H6ClNOS.2C2H6.CH3NOS/c1-3(5)2-7-4(6)8;2*1-2;2-1(3)4/h1-2H2,(H2,6,8);2*1-2H3;(H3,2,3,4). The van der Waals surface area contributed by atoms with Crippen molar-refractivity contribution in [3.05, 3.63) is 11.6 Å². The Morgan fingerprint density at radius 3 is 1.69 bits per heavy atom. The maximum atomic E-state index is 9.09. The normalized spacial score (nSPS) is 6.38. The third-order valence-electron chi connectivity index (χ3n) is 0.371. The minimum atomic E-state index is -0.639. The number of amides is 1. The second kappa shape index (κ2) is 24.0. The summed E-state index contributed by atoms with van der Waals surface area (Å²) in [6.45, 7) is 11.5. The SMILES string of the molecule is C=C(Cl)COC(N)=S.CC.CC.NC(=O)S. The highest BCUT2D eigenvalue weighted by atomic mass is 35.5. The molecule has 0 aromatic heterocycles. The summed E-state index contributed by atoms with van der Waals surface area (Å²) in [5, 5.41) is -0.260. The number of thiol groups is 1. The van der Waals surface area contributed by atoms with Crippen LogP contribution in [-0.4, -0.2) is 17.0 Å². The average molecular weight is 289 g/mol. The number of carbonyl (C=O) groups is 1. The van der Waals surface area contributed by atoms with Crippen LogP contribution in [0.4, 0.5) is 4.79 Å².